The van der Waals surface area contributed by atoms with Gasteiger partial charge in [0.05, 0.1) is 6.61 Å². The normalized spacial score (nSPS) is 10.1. The number of carbonyl (C=O) groups excluding carboxylic acids is 1. The number of carbonyl (C=O) groups is 1. The Labute approximate surface area is 83.1 Å². The molecular weight excluding hydrogens is 213 g/mol. The fraction of sp³-hybridized carbons (Fsp3) is 0.222. The summed E-state index contributed by atoms with van der Waals surface area (Å²) in [5.41, 5.74) is -0.968. The molecule has 0 bridgehead atoms. The lowest BCUT2D eigenvalue weighted by Gasteiger charge is -2.04. The maximum absolute atomic E-state index is 12.9. The first-order chi connectivity index (χ1) is 7.06. The highest BCUT2D eigenvalue weighted by Gasteiger charge is 2.19. The van der Waals surface area contributed by atoms with Crippen molar-refractivity contribution in [1.29, 1.82) is 0 Å². The Hall–Kier alpha value is -1.56. The molecule has 3 nitrogen and oxygen atoms in total. The molecule has 0 fully saturated rings. The van der Waals surface area contributed by atoms with Crippen LogP contribution in [-0.2, 0) is 4.74 Å². The van der Waals surface area contributed by atoms with Gasteiger partial charge in [-0.25, -0.2) is 18.0 Å². The standard InChI is InChI=1S/C9H7F3O3/c10-5-3-6(11)8(7(12)4-5)9(14)15-2-1-13/h3-4,13H,1-2H2. The van der Waals surface area contributed by atoms with Crippen LogP contribution >= 0.6 is 0 Å². The Morgan fingerprint density at radius 3 is 2.27 bits per heavy atom. The van der Waals surface area contributed by atoms with E-state index in [1.807, 2.05) is 0 Å². The van der Waals surface area contributed by atoms with Gasteiger partial charge in [0.1, 0.15) is 29.6 Å². The molecule has 0 unspecified atom stereocenters. The number of aliphatic hydroxyl groups is 1. The van der Waals surface area contributed by atoms with E-state index in [1.165, 1.54) is 0 Å². The van der Waals surface area contributed by atoms with E-state index >= 15 is 0 Å². The SMILES string of the molecule is O=C(OCCO)c1c(F)cc(F)cc1F. The zero-order valence-corrected chi connectivity index (χ0v) is 7.47. The second-order valence-electron chi connectivity index (χ2n) is 2.60. The zero-order valence-electron chi connectivity index (χ0n) is 7.47. The summed E-state index contributed by atoms with van der Waals surface area (Å²) in [6.45, 7) is -0.842. The van der Waals surface area contributed by atoms with E-state index in [0.29, 0.717) is 12.1 Å². The lowest BCUT2D eigenvalue weighted by atomic mass is 10.2. The molecule has 0 saturated carbocycles. The Morgan fingerprint density at radius 1 is 1.27 bits per heavy atom. The molecular formula is C9H7F3O3. The third-order valence-electron chi connectivity index (χ3n) is 1.54. The Kier molecular flexibility index (Phi) is 3.68. The number of benzene rings is 1. The van der Waals surface area contributed by atoms with Gasteiger partial charge in [0.25, 0.3) is 0 Å². The average molecular weight is 220 g/mol. The van der Waals surface area contributed by atoms with Crippen LogP contribution in [0.25, 0.3) is 0 Å². The first-order valence-electron chi connectivity index (χ1n) is 3.98. The van der Waals surface area contributed by atoms with Crippen LogP contribution in [0.5, 0.6) is 0 Å². The van der Waals surface area contributed by atoms with Crippen LogP contribution in [0.1, 0.15) is 10.4 Å². The summed E-state index contributed by atoms with van der Waals surface area (Å²) in [5, 5.41) is 8.32. The van der Waals surface area contributed by atoms with Gasteiger partial charge in [-0.1, -0.05) is 0 Å². The molecule has 15 heavy (non-hydrogen) atoms. The van der Waals surface area contributed by atoms with Crippen LogP contribution in [0.4, 0.5) is 13.2 Å². The Bertz CT molecular complexity index is 356. The van der Waals surface area contributed by atoms with Crippen LogP contribution in [0.2, 0.25) is 0 Å². The van der Waals surface area contributed by atoms with E-state index in [4.69, 9.17) is 5.11 Å². The molecule has 0 spiro atoms. The molecule has 0 heterocycles. The number of rotatable bonds is 3. The van der Waals surface area contributed by atoms with E-state index in [0.717, 1.165) is 0 Å². The van der Waals surface area contributed by atoms with E-state index in [9.17, 15) is 18.0 Å². The molecule has 0 radical (unpaired) electrons. The number of esters is 1. The van der Waals surface area contributed by atoms with Crippen LogP contribution in [0, 0.1) is 17.5 Å². The van der Waals surface area contributed by atoms with Gasteiger partial charge in [0.2, 0.25) is 0 Å². The minimum absolute atomic E-state index is 0.374. The predicted octanol–water partition coefficient (Wildman–Crippen LogP) is 1.25. The average Bonchev–Trinajstić information content (AvgIpc) is 2.12. The van der Waals surface area contributed by atoms with Crippen molar-refractivity contribution in [3.63, 3.8) is 0 Å². The van der Waals surface area contributed by atoms with Crippen molar-refractivity contribution in [1.82, 2.24) is 0 Å². The quantitative estimate of drug-likeness (QED) is 0.780. The van der Waals surface area contributed by atoms with E-state index in [-0.39, 0.29) is 6.61 Å². The van der Waals surface area contributed by atoms with E-state index in [2.05, 4.69) is 4.74 Å². The van der Waals surface area contributed by atoms with Crippen LogP contribution < -0.4 is 0 Å². The molecule has 1 aromatic rings. The minimum atomic E-state index is -1.34. The van der Waals surface area contributed by atoms with Crippen molar-refractivity contribution in [2.24, 2.45) is 0 Å². The van der Waals surface area contributed by atoms with Gasteiger partial charge in [-0.3, -0.25) is 0 Å². The summed E-state index contributed by atoms with van der Waals surface area (Å²) in [6, 6.07) is 0.747. The van der Waals surface area contributed by atoms with Crippen LogP contribution in [0.15, 0.2) is 12.1 Å². The van der Waals surface area contributed by atoms with Gasteiger partial charge in [-0.15, -0.1) is 0 Å². The lowest BCUT2D eigenvalue weighted by Crippen LogP contribution is -2.13. The summed E-state index contributed by atoms with van der Waals surface area (Å²) < 4.78 is 42.6. The summed E-state index contributed by atoms with van der Waals surface area (Å²) in [4.78, 5) is 11.0. The molecule has 0 aromatic heterocycles. The van der Waals surface area contributed by atoms with Gasteiger partial charge in [-0.05, 0) is 0 Å². The van der Waals surface area contributed by atoms with Crippen molar-refractivity contribution in [3.8, 4) is 0 Å². The molecule has 6 heteroatoms. The van der Waals surface area contributed by atoms with Crippen molar-refractivity contribution in [3.05, 3.63) is 35.1 Å². The number of aliphatic hydroxyl groups excluding tert-OH is 1. The number of ether oxygens (including phenoxy) is 1. The molecule has 0 amide bonds. The van der Waals surface area contributed by atoms with E-state index < -0.39 is 35.6 Å². The first-order valence-corrected chi connectivity index (χ1v) is 3.98. The van der Waals surface area contributed by atoms with Gasteiger partial charge < -0.3 is 9.84 Å². The van der Waals surface area contributed by atoms with Gasteiger partial charge in [-0.2, -0.15) is 0 Å². The highest BCUT2D eigenvalue weighted by atomic mass is 19.1. The maximum atomic E-state index is 12.9. The molecule has 1 N–H and O–H groups in total. The van der Waals surface area contributed by atoms with Crippen molar-refractivity contribution >= 4 is 5.97 Å². The Balaban J connectivity index is 2.98. The molecule has 0 atom stereocenters. The zero-order chi connectivity index (χ0) is 11.4. The smallest absolute Gasteiger partial charge is 0.344 e. The lowest BCUT2D eigenvalue weighted by molar-refractivity contribution is 0.0423. The maximum Gasteiger partial charge on any atom is 0.344 e. The fourth-order valence-corrected chi connectivity index (χ4v) is 0.948. The fourth-order valence-electron chi connectivity index (χ4n) is 0.948. The van der Waals surface area contributed by atoms with Crippen molar-refractivity contribution < 1.29 is 27.8 Å². The monoisotopic (exact) mass is 220 g/mol. The second kappa shape index (κ2) is 4.79. The number of halogens is 3. The molecule has 1 rings (SSSR count). The summed E-state index contributed by atoms with van der Waals surface area (Å²) in [7, 11) is 0. The topological polar surface area (TPSA) is 46.5 Å². The van der Waals surface area contributed by atoms with Gasteiger partial charge >= 0.3 is 5.97 Å². The Morgan fingerprint density at radius 2 is 1.80 bits per heavy atom. The molecule has 82 valence electrons. The van der Waals surface area contributed by atoms with Crippen molar-refractivity contribution in [2.45, 2.75) is 0 Å². The molecule has 1 aromatic carbocycles. The van der Waals surface area contributed by atoms with Crippen molar-refractivity contribution in [2.75, 3.05) is 13.2 Å². The van der Waals surface area contributed by atoms with Crippen LogP contribution in [0.3, 0.4) is 0 Å². The molecule has 0 aliphatic rings. The molecule has 0 aliphatic heterocycles. The summed E-state index contributed by atoms with van der Waals surface area (Å²) >= 11 is 0. The predicted molar refractivity (Wildman–Crippen MR) is 43.7 cm³/mol. The highest BCUT2D eigenvalue weighted by Crippen LogP contribution is 2.15. The van der Waals surface area contributed by atoms with E-state index in [1.54, 1.807) is 0 Å². The molecule has 0 aliphatic carbocycles. The number of hydrogen-bond donors (Lipinski definition) is 1. The highest BCUT2D eigenvalue weighted by molar-refractivity contribution is 5.90. The largest absolute Gasteiger partial charge is 0.459 e. The summed E-state index contributed by atoms with van der Waals surface area (Å²) in [5.74, 6) is -5.08. The summed E-state index contributed by atoms with van der Waals surface area (Å²) in [6.07, 6.45) is 0. The first kappa shape index (κ1) is 11.5. The minimum Gasteiger partial charge on any atom is -0.459 e. The van der Waals surface area contributed by atoms with Gasteiger partial charge in [0, 0.05) is 12.1 Å². The van der Waals surface area contributed by atoms with Gasteiger partial charge in [0.15, 0.2) is 0 Å². The van der Waals surface area contributed by atoms with Crippen LogP contribution in [-0.4, -0.2) is 24.3 Å². The number of hydrogen-bond acceptors (Lipinski definition) is 3. The third-order valence-corrected chi connectivity index (χ3v) is 1.54. The molecule has 0 saturated heterocycles. The third kappa shape index (κ3) is 2.69. The second-order valence-corrected chi connectivity index (χ2v) is 2.60.